The zero-order chi connectivity index (χ0) is 15.9. The van der Waals surface area contributed by atoms with E-state index >= 15 is 0 Å². The molecule has 0 unspecified atom stereocenters. The van der Waals surface area contributed by atoms with Crippen molar-refractivity contribution in [3.63, 3.8) is 0 Å². The van der Waals surface area contributed by atoms with Crippen LogP contribution in [0.1, 0.15) is 36.8 Å². The molecule has 2 atom stereocenters. The topological polar surface area (TPSA) is 20.3 Å². The number of benzene rings is 2. The molecule has 2 nitrogen and oxygen atoms in total. The van der Waals surface area contributed by atoms with E-state index in [1.807, 2.05) is 0 Å². The molecule has 2 aromatic rings. The highest BCUT2D eigenvalue weighted by Gasteiger charge is 2.26. The minimum atomic E-state index is 0.239. The Kier molecular flexibility index (Phi) is 5.60. The fourth-order valence-corrected chi connectivity index (χ4v) is 3.61. The molecule has 0 radical (unpaired) electrons. The van der Waals surface area contributed by atoms with Gasteiger partial charge in [-0.2, -0.15) is 0 Å². The van der Waals surface area contributed by atoms with Crippen molar-refractivity contribution in [2.45, 2.75) is 44.8 Å². The predicted octanol–water partition coefficient (Wildman–Crippen LogP) is 4.45. The summed E-state index contributed by atoms with van der Waals surface area (Å²) in [5, 5.41) is 0. The average molecular weight is 307 g/mol. The van der Waals surface area contributed by atoms with E-state index in [1.54, 1.807) is 0 Å². The zero-order valence-electron chi connectivity index (χ0n) is 13.6. The van der Waals surface area contributed by atoms with Crippen LogP contribution in [0, 0.1) is 5.92 Å². The van der Waals surface area contributed by atoms with Crippen molar-refractivity contribution in [3.05, 3.63) is 71.8 Å². The molecule has 0 spiro atoms. The lowest BCUT2D eigenvalue weighted by atomic mass is 9.85. The van der Waals surface area contributed by atoms with Gasteiger partial charge in [-0.1, -0.05) is 67.1 Å². The number of rotatable bonds is 6. The summed E-state index contributed by atoms with van der Waals surface area (Å²) in [6.45, 7) is 1.90. The Morgan fingerprint density at radius 1 is 0.870 bits per heavy atom. The number of aldehydes is 1. The SMILES string of the molecule is O=C[C@H]1CCC[C@@H](N(Cc2ccccc2)Cc2ccccc2)C1. The van der Waals surface area contributed by atoms with E-state index < -0.39 is 0 Å². The van der Waals surface area contributed by atoms with Crippen LogP contribution in [0.4, 0.5) is 0 Å². The van der Waals surface area contributed by atoms with Crippen LogP contribution in [-0.4, -0.2) is 17.2 Å². The van der Waals surface area contributed by atoms with Gasteiger partial charge in [0.05, 0.1) is 0 Å². The van der Waals surface area contributed by atoms with Crippen LogP contribution in [0.25, 0.3) is 0 Å². The third-order valence-corrected chi connectivity index (χ3v) is 4.85. The second-order valence-corrected chi connectivity index (χ2v) is 6.59. The first-order chi connectivity index (χ1) is 11.3. The van der Waals surface area contributed by atoms with Crippen LogP contribution in [0.3, 0.4) is 0 Å². The van der Waals surface area contributed by atoms with Crippen molar-refractivity contribution in [1.29, 1.82) is 0 Å². The first-order valence-corrected chi connectivity index (χ1v) is 8.62. The van der Waals surface area contributed by atoms with E-state index in [0.29, 0.717) is 6.04 Å². The van der Waals surface area contributed by atoms with E-state index in [9.17, 15) is 4.79 Å². The van der Waals surface area contributed by atoms with Crippen LogP contribution < -0.4 is 0 Å². The van der Waals surface area contributed by atoms with E-state index in [0.717, 1.165) is 38.6 Å². The van der Waals surface area contributed by atoms with Crippen molar-refractivity contribution >= 4 is 6.29 Å². The Balaban J connectivity index is 1.76. The summed E-state index contributed by atoms with van der Waals surface area (Å²) in [6.07, 6.45) is 5.58. The Morgan fingerprint density at radius 2 is 1.43 bits per heavy atom. The van der Waals surface area contributed by atoms with E-state index in [2.05, 4.69) is 65.6 Å². The van der Waals surface area contributed by atoms with E-state index in [4.69, 9.17) is 0 Å². The average Bonchev–Trinajstić information content (AvgIpc) is 2.63. The number of hydrogen-bond donors (Lipinski definition) is 0. The monoisotopic (exact) mass is 307 g/mol. The highest BCUT2D eigenvalue weighted by molar-refractivity contribution is 5.53. The minimum Gasteiger partial charge on any atom is -0.303 e. The number of carbonyl (C=O) groups excluding carboxylic acids is 1. The van der Waals surface area contributed by atoms with Crippen molar-refractivity contribution in [2.24, 2.45) is 5.92 Å². The highest BCUT2D eigenvalue weighted by atomic mass is 16.1. The van der Waals surface area contributed by atoms with Gasteiger partial charge in [-0.3, -0.25) is 4.90 Å². The van der Waals surface area contributed by atoms with Crippen molar-refractivity contribution in [2.75, 3.05) is 0 Å². The van der Waals surface area contributed by atoms with Crippen molar-refractivity contribution in [1.82, 2.24) is 4.90 Å². The summed E-state index contributed by atoms with van der Waals surface area (Å²) in [4.78, 5) is 13.8. The molecule has 1 aliphatic rings. The van der Waals surface area contributed by atoms with Crippen LogP contribution in [0.2, 0.25) is 0 Å². The van der Waals surface area contributed by atoms with Gasteiger partial charge >= 0.3 is 0 Å². The normalized spacial score (nSPS) is 21.3. The van der Waals surface area contributed by atoms with Crippen LogP contribution in [-0.2, 0) is 17.9 Å². The summed E-state index contributed by atoms with van der Waals surface area (Å²) < 4.78 is 0. The second-order valence-electron chi connectivity index (χ2n) is 6.59. The second kappa shape index (κ2) is 8.07. The standard InChI is InChI=1S/C21H25NO/c23-17-20-12-7-13-21(14-20)22(15-18-8-3-1-4-9-18)16-19-10-5-2-6-11-19/h1-6,8-11,17,20-21H,7,12-16H2/t20-,21+/m0/s1. The Morgan fingerprint density at radius 3 is 1.96 bits per heavy atom. The summed E-state index contributed by atoms with van der Waals surface area (Å²) in [5.41, 5.74) is 2.69. The number of nitrogens with zero attached hydrogens (tertiary/aromatic N) is 1. The lowest BCUT2D eigenvalue weighted by Crippen LogP contribution is -2.38. The summed E-state index contributed by atoms with van der Waals surface area (Å²) >= 11 is 0. The quantitative estimate of drug-likeness (QED) is 0.735. The lowest BCUT2D eigenvalue weighted by molar-refractivity contribution is -0.112. The van der Waals surface area contributed by atoms with Gasteiger partial charge in [0, 0.05) is 25.0 Å². The number of carbonyl (C=O) groups is 1. The fraction of sp³-hybridized carbons (Fsp3) is 0.381. The summed E-state index contributed by atoms with van der Waals surface area (Å²) in [6, 6.07) is 21.8. The molecule has 2 aromatic carbocycles. The first kappa shape index (κ1) is 15.9. The van der Waals surface area contributed by atoms with Crippen molar-refractivity contribution < 1.29 is 4.79 Å². The van der Waals surface area contributed by atoms with Crippen LogP contribution in [0.5, 0.6) is 0 Å². The molecule has 0 aromatic heterocycles. The molecule has 2 heteroatoms. The van der Waals surface area contributed by atoms with Gasteiger partial charge in [-0.25, -0.2) is 0 Å². The third-order valence-electron chi connectivity index (χ3n) is 4.85. The molecule has 120 valence electrons. The molecular formula is C21H25NO. The number of hydrogen-bond acceptors (Lipinski definition) is 2. The Hall–Kier alpha value is -1.93. The first-order valence-electron chi connectivity index (χ1n) is 8.62. The van der Waals surface area contributed by atoms with Crippen LogP contribution in [0.15, 0.2) is 60.7 Å². The summed E-state index contributed by atoms with van der Waals surface area (Å²) in [7, 11) is 0. The maximum Gasteiger partial charge on any atom is 0.123 e. The summed E-state index contributed by atoms with van der Waals surface area (Å²) in [5.74, 6) is 0.239. The van der Waals surface area contributed by atoms with E-state index in [-0.39, 0.29) is 5.92 Å². The molecule has 0 aliphatic heterocycles. The lowest BCUT2D eigenvalue weighted by Gasteiger charge is -2.36. The maximum atomic E-state index is 11.2. The smallest absolute Gasteiger partial charge is 0.123 e. The Labute approximate surface area is 139 Å². The fourth-order valence-electron chi connectivity index (χ4n) is 3.61. The predicted molar refractivity (Wildman–Crippen MR) is 93.9 cm³/mol. The van der Waals surface area contributed by atoms with Crippen LogP contribution >= 0.6 is 0 Å². The molecule has 0 heterocycles. The molecule has 1 fully saturated rings. The third kappa shape index (κ3) is 4.52. The van der Waals surface area contributed by atoms with Gasteiger partial charge in [0.25, 0.3) is 0 Å². The Bertz CT molecular complexity index is 554. The zero-order valence-corrected chi connectivity index (χ0v) is 13.6. The molecule has 0 bridgehead atoms. The van der Waals surface area contributed by atoms with Gasteiger partial charge in [-0.15, -0.1) is 0 Å². The molecule has 1 aliphatic carbocycles. The highest BCUT2D eigenvalue weighted by Crippen LogP contribution is 2.28. The maximum absolute atomic E-state index is 11.2. The van der Waals surface area contributed by atoms with E-state index in [1.165, 1.54) is 17.5 Å². The molecular weight excluding hydrogens is 282 g/mol. The molecule has 0 saturated heterocycles. The largest absolute Gasteiger partial charge is 0.303 e. The minimum absolute atomic E-state index is 0.239. The van der Waals surface area contributed by atoms with Crippen molar-refractivity contribution in [3.8, 4) is 0 Å². The van der Waals surface area contributed by atoms with Gasteiger partial charge < -0.3 is 4.79 Å². The van der Waals surface area contributed by atoms with Gasteiger partial charge in [0.1, 0.15) is 6.29 Å². The molecule has 3 rings (SSSR count). The molecule has 1 saturated carbocycles. The molecule has 0 N–H and O–H groups in total. The van der Waals surface area contributed by atoms with Gasteiger partial charge in [-0.05, 0) is 30.4 Å². The molecule has 0 amide bonds. The van der Waals surface area contributed by atoms with Gasteiger partial charge in [0.2, 0.25) is 0 Å². The van der Waals surface area contributed by atoms with Gasteiger partial charge in [0.15, 0.2) is 0 Å². The molecule has 23 heavy (non-hydrogen) atoms.